The molecule has 2 atom stereocenters. The second kappa shape index (κ2) is 4.04. The fraction of sp³-hybridized carbons (Fsp3) is 1.00. The molecular formula is C6H15NO3S. The lowest BCUT2D eigenvalue weighted by atomic mass is 10.0. The van der Waals surface area contributed by atoms with E-state index in [0.29, 0.717) is 0 Å². The summed E-state index contributed by atoms with van der Waals surface area (Å²) in [5.74, 6) is -0.223. The van der Waals surface area contributed by atoms with Crippen molar-refractivity contribution in [3.8, 4) is 0 Å². The molecule has 0 aromatic rings. The third kappa shape index (κ3) is 5.17. The summed E-state index contributed by atoms with van der Waals surface area (Å²) in [6, 6.07) is -0.463. The molecule has 0 amide bonds. The Bertz CT molecular complexity index is 200. The van der Waals surface area contributed by atoms with E-state index in [1.54, 1.807) is 0 Å². The third-order valence-electron chi connectivity index (χ3n) is 1.78. The van der Waals surface area contributed by atoms with Crippen LogP contribution in [0.5, 0.6) is 0 Å². The maximum Gasteiger partial charge on any atom is 0.266 e. The maximum atomic E-state index is 10.3. The zero-order chi connectivity index (χ0) is 9.07. The van der Waals surface area contributed by atoms with Gasteiger partial charge in [-0.1, -0.05) is 20.3 Å². The molecule has 0 aromatic carbocycles. The first-order valence-electron chi connectivity index (χ1n) is 3.57. The van der Waals surface area contributed by atoms with Crippen LogP contribution in [0.2, 0.25) is 0 Å². The predicted molar refractivity (Wildman–Crippen MR) is 43.8 cm³/mol. The Morgan fingerprint density at radius 2 is 2.00 bits per heavy atom. The Labute approximate surface area is 67.5 Å². The molecule has 0 aliphatic rings. The standard InChI is InChI=1S/C6H15NO3S/c1-3-5(2)6(7)4-11(8,9)10/h5-6H,3-4,7H2,1-2H3,(H,8,9,10)/t5-,6-/m1/s1. The molecule has 0 radical (unpaired) electrons. The average Bonchev–Trinajstić information content (AvgIpc) is 1.82. The molecule has 0 fully saturated rings. The van der Waals surface area contributed by atoms with Crippen LogP contribution in [0.1, 0.15) is 20.3 Å². The van der Waals surface area contributed by atoms with Gasteiger partial charge in [-0.25, -0.2) is 0 Å². The molecule has 0 saturated heterocycles. The predicted octanol–water partition coefficient (Wildman–Crippen LogP) is 0.248. The summed E-state index contributed by atoms with van der Waals surface area (Å²) in [5.41, 5.74) is 5.47. The highest BCUT2D eigenvalue weighted by molar-refractivity contribution is 7.85. The van der Waals surface area contributed by atoms with Gasteiger partial charge in [-0.15, -0.1) is 0 Å². The Morgan fingerprint density at radius 1 is 1.55 bits per heavy atom. The first-order valence-corrected chi connectivity index (χ1v) is 5.18. The van der Waals surface area contributed by atoms with Gasteiger partial charge < -0.3 is 5.73 Å². The monoisotopic (exact) mass is 181 g/mol. The van der Waals surface area contributed by atoms with E-state index in [1.807, 2.05) is 13.8 Å². The summed E-state index contributed by atoms with van der Waals surface area (Å²) in [4.78, 5) is 0. The van der Waals surface area contributed by atoms with Gasteiger partial charge in [0, 0.05) is 6.04 Å². The highest BCUT2D eigenvalue weighted by Crippen LogP contribution is 2.06. The van der Waals surface area contributed by atoms with E-state index in [-0.39, 0.29) is 11.7 Å². The highest BCUT2D eigenvalue weighted by Gasteiger charge is 2.17. The van der Waals surface area contributed by atoms with Gasteiger partial charge in [0.15, 0.2) is 0 Å². The van der Waals surface area contributed by atoms with Crippen LogP contribution in [0.3, 0.4) is 0 Å². The minimum Gasteiger partial charge on any atom is -0.326 e. The van der Waals surface area contributed by atoms with Gasteiger partial charge >= 0.3 is 0 Å². The molecule has 0 aliphatic carbocycles. The van der Waals surface area contributed by atoms with E-state index in [9.17, 15) is 8.42 Å². The third-order valence-corrected chi connectivity index (χ3v) is 2.58. The topological polar surface area (TPSA) is 80.4 Å². The van der Waals surface area contributed by atoms with Crippen molar-refractivity contribution in [2.45, 2.75) is 26.3 Å². The molecule has 0 rings (SSSR count). The number of hydrogen-bond acceptors (Lipinski definition) is 3. The normalized spacial score (nSPS) is 17.8. The minimum atomic E-state index is -3.90. The van der Waals surface area contributed by atoms with Crippen molar-refractivity contribution in [3.63, 3.8) is 0 Å². The van der Waals surface area contributed by atoms with E-state index in [0.717, 1.165) is 6.42 Å². The van der Waals surface area contributed by atoms with E-state index in [4.69, 9.17) is 10.3 Å². The fourth-order valence-electron chi connectivity index (χ4n) is 0.710. The molecule has 5 heteroatoms. The summed E-state index contributed by atoms with van der Waals surface area (Å²) in [5, 5.41) is 0. The van der Waals surface area contributed by atoms with Crippen molar-refractivity contribution in [2.75, 3.05) is 5.75 Å². The summed E-state index contributed by atoms with van der Waals surface area (Å²) in [6.07, 6.45) is 0.816. The second-order valence-electron chi connectivity index (χ2n) is 2.80. The van der Waals surface area contributed by atoms with Crippen LogP contribution in [-0.4, -0.2) is 24.8 Å². The molecule has 4 nitrogen and oxygen atoms in total. The highest BCUT2D eigenvalue weighted by atomic mass is 32.2. The van der Waals surface area contributed by atoms with Gasteiger partial charge in [-0.3, -0.25) is 4.55 Å². The van der Waals surface area contributed by atoms with E-state index in [1.165, 1.54) is 0 Å². The Hall–Kier alpha value is -0.130. The molecule has 0 aliphatic heterocycles. The Balaban J connectivity index is 3.98. The number of hydrogen-bond donors (Lipinski definition) is 2. The van der Waals surface area contributed by atoms with Crippen molar-refractivity contribution in [1.82, 2.24) is 0 Å². The van der Waals surface area contributed by atoms with Crippen LogP contribution in [-0.2, 0) is 10.1 Å². The molecule has 0 heterocycles. The van der Waals surface area contributed by atoms with Crippen LogP contribution in [0, 0.1) is 5.92 Å². The van der Waals surface area contributed by atoms with Crippen molar-refractivity contribution < 1.29 is 13.0 Å². The average molecular weight is 181 g/mol. The Morgan fingerprint density at radius 3 is 2.27 bits per heavy atom. The van der Waals surface area contributed by atoms with Crippen molar-refractivity contribution in [1.29, 1.82) is 0 Å². The summed E-state index contributed by atoms with van der Waals surface area (Å²) in [7, 11) is -3.90. The van der Waals surface area contributed by atoms with Gasteiger partial charge in [0.1, 0.15) is 0 Å². The quantitative estimate of drug-likeness (QED) is 0.609. The van der Waals surface area contributed by atoms with Gasteiger partial charge in [0.25, 0.3) is 10.1 Å². The first-order chi connectivity index (χ1) is 4.87. The van der Waals surface area contributed by atoms with E-state index >= 15 is 0 Å². The minimum absolute atomic E-state index is 0.122. The van der Waals surface area contributed by atoms with Crippen LogP contribution in [0.25, 0.3) is 0 Å². The second-order valence-corrected chi connectivity index (χ2v) is 4.30. The molecular weight excluding hydrogens is 166 g/mol. The van der Waals surface area contributed by atoms with E-state index in [2.05, 4.69) is 0 Å². The number of rotatable bonds is 4. The maximum absolute atomic E-state index is 10.3. The first kappa shape index (κ1) is 10.9. The molecule has 0 bridgehead atoms. The SMILES string of the molecule is CC[C@@H](C)[C@H](N)CS(=O)(=O)O. The van der Waals surface area contributed by atoms with Gasteiger partial charge in [-0.2, -0.15) is 8.42 Å². The van der Waals surface area contributed by atoms with Crippen LogP contribution >= 0.6 is 0 Å². The molecule has 0 spiro atoms. The molecule has 68 valence electrons. The lowest BCUT2D eigenvalue weighted by Crippen LogP contribution is -2.35. The Kier molecular flexibility index (Phi) is 3.99. The van der Waals surface area contributed by atoms with Gasteiger partial charge in [0.2, 0.25) is 0 Å². The fourth-order valence-corrected chi connectivity index (χ4v) is 1.53. The molecule has 0 aromatic heterocycles. The van der Waals surface area contributed by atoms with Crippen molar-refractivity contribution in [2.24, 2.45) is 11.7 Å². The van der Waals surface area contributed by atoms with Crippen molar-refractivity contribution >= 4 is 10.1 Å². The summed E-state index contributed by atoms with van der Waals surface area (Å²) in [6.45, 7) is 3.78. The largest absolute Gasteiger partial charge is 0.326 e. The summed E-state index contributed by atoms with van der Waals surface area (Å²) >= 11 is 0. The molecule has 3 N–H and O–H groups in total. The van der Waals surface area contributed by atoms with E-state index < -0.39 is 16.2 Å². The van der Waals surface area contributed by atoms with Crippen LogP contribution < -0.4 is 5.73 Å². The molecule has 0 saturated carbocycles. The van der Waals surface area contributed by atoms with Gasteiger partial charge in [-0.05, 0) is 5.92 Å². The van der Waals surface area contributed by atoms with Gasteiger partial charge in [0.05, 0.1) is 5.75 Å². The van der Waals surface area contributed by atoms with Crippen molar-refractivity contribution in [3.05, 3.63) is 0 Å². The van der Waals surface area contributed by atoms with Crippen LogP contribution in [0.15, 0.2) is 0 Å². The zero-order valence-corrected chi connectivity index (χ0v) is 7.63. The lowest BCUT2D eigenvalue weighted by molar-refractivity contribution is 0.437. The lowest BCUT2D eigenvalue weighted by Gasteiger charge is -2.15. The molecule has 11 heavy (non-hydrogen) atoms. The number of nitrogens with two attached hydrogens (primary N) is 1. The molecule has 0 unspecified atom stereocenters. The summed E-state index contributed by atoms with van der Waals surface area (Å²) < 4.78 is 29.1. The zero-order valence-electron chi connectivity index (χ0n) is 6.82. The smallest absolute Gasteiger partial charge is 0.266 e. The van der Waals surface area contributed by atoms with Crippen LogP contribution in [0.4, 0.5) is 0 Å².